The van der Waals surface area contributed by atoms with E-state index in [1.165, 1.54) is 6.20 Å². The van der Waals surface area contributed by atoms with Gasteiger partial charge < -0.3 is 10.3 Å². The number of para-hydroxylation sites is 1. The molecular formula is C16H18N2O2. The third-order valence-electron chi connectivity index (χ3n) is 3.23. The van der Waals surface area contributed by atoms with Gasteiger partial charge in [0.05, 0.1) is 0 Å². The van der Waals surface area contributed by atoms with Gasteiger partial charge in [0.1, 0.15) is 5.56 Å². The van der Waals surface area contributed by atoms with Crippen LogP contribution in [0.15, 0.2) is 41.3 Å². The van der Waals surface area contributed by atoms with Gasteiger partial charge in [0.2, 0.25) is 0 Å². The first-order valence-corrected chi connectivity index (χ1v) is 6.59. The van der Waals surface area contributed by atoms with Crippen molar-refractivity contribution in [3.63, 3.8) is 0 Å². The highest BCUT2D eigenvalue weighted by Crippen LogP contribution is 2.24. The predicted octanol–water partition coefficient (Wildman–Crippen LogP) is 3.06. The molecule has 0 unspecified atom stereocenters. The molecule has 20 heavy (non-hydrogen) atoms. The Kier molecular flexibility index (Phi) is 4.03. The fourth-order valence-corrected chi connectivity index (χ4v) is 2.16. The minimum atomic E-state index is -0.377. The van der Waals surface area contributed by atoms with Crippen LogP contribution in [-0.2, 0) is 0 Å². The number of carbonyl (C=O) groups is 1. The van der Waals surface area contributed by atoms with Crippen molar-refractivity contribution in [1.29, 1.82) is 0 Å². The molecule has 2 aromatic rings. The van der Waals surface area contributed by atoms with Gasteiger partial charge in [0, 0.05) is 11.9 Å². The van der Waals surface area contributed by atoms with E-state index in [9.17, 15) is 9.59 Å². The van der Waals surface area contributed by atoms with Crippen LogP contribution in [0.5, 0.6) is 0 Å². The first kappa shape index (κ1) is 14.1. The summed E-state index contributed by atoms with van der Waals surface area (Å²) in [5.74, 6) is -0.0842. The normalized spacial score (nSPS) is 10.6. The highest BCUT2D eigenvalue weighted by atomic mass is 16.2. The van der Waals surface area contributed by atoms with Crippen molar-refractivity contribution < 1.29 is 4.79 Å². The topological polar surface area (TPSA) is 62.0 Å². The average molecular weight is 270 g/mol. The van der Waals surface area contributed by atoms with Crippen LogP contribution in [0.4, 0.5) is 5.69 Å². The third kappa shape index (κ3) is 2.79. The zero-order valence-corrected chi connectivity index (χ0v) is 11.9. The molecule has 0 aliphatic carbocycles. The second-order valence-electron chi connectivity index (χ2n) is 5.06. The van der Waals surface area contributed by atoms with E-state index in [1.54, 1.807) is 13.0 Å². The maximum atomic E-state index is 12.3. The number of rotatable bonds is 3. The maximum absolute atomic E-state index is 12.3. The lowest BCUT2D eigenvalue weighted by Crippen LogP contribution is -2.24. The lowest BCUT2D eigenvalue weighted by Gasteiger charge is -2.13. The standard InChI is InChI=1S/C16H18N2O2/c1-10(2)12-6-4-5-7-13(12)18-16(20)14-11(3)8-9-17-15(14)19/h4-10H,1-3H3,(H,17,19)(H,18,20). The molecule has 1 aromatic carbocycles. The number of amides is 1. The molecule has 0 radical (unpaired) electrons. The molecule has 104 valence electrons. The van der Waals surface area contributed by atoms with Crippen LogP contribution < -0.4 is 10.9 Å². The molecule has 4 nitrogen and oxygen atoms in total. The average Bonchev–Trinajstić information content (AvgIpc) is 2.38. The van der Waals surface area contributed by atoms with Gasteiger partial charge in [-0.2, -0.15) is 0 Å². The second kappa shape index (κ2) is 5.74. The fourth-order valence-electron chi connectivity index (χ4n) is 2.16. The number of nitrogens with one attached hydrogen (secondary N) is 2. The number of carbonyl (C=O) groups excluding carboxylic acids is 1. The Bertz CT molecular complexity index is 687. The number of aryl methyl sites for hydroxylation is 1. The third-order valence-corrected chi connectivity index (χ3v) is 3.23. The van der Waals surface area contributed by atoms with Gasteiger partial charge in [0.15, 0.2) is 0 Å². The van der Waals surface area contributed by atoms with E-state index in [-0.39, 0.29) is 17.0 Å². The summed E-state index contributed by atoms with van der Waals surface area (Å²) in [5.41, 5.74) is 2.24. The fraction of sp³-hybridized carbons (Fsp3) is 0.250. The molecule has 0 spiro atoms. The van der Waals surface area contributed by atoms with Crippen LogP contribution in [0, 0.1) is 6.92 Å². The smallest absolute Gasteiger partial charge is 0.261 e. The van der Waals surface area contributed by atoms with Crippen LogP contribution >= 0.6 is 0 Å². The Morgan fingerprint density at radius 1 is 1.20 bits per heavy atom. The number of anilines is 1. The molecule has 0 bridgehead atoms. The lowest BCUT2D eigenvalue weighted by molar-refractivity contribution is 0.102. The zero-order valence-electron chi connectivity index (χ0n) is 11.9. The van der Waals surface area contributed by atoms with E-state index in [0.717, 1.165) is 11.3 Å². The van der Waals surface area contributed by atoms with E-state index in [2.05, 4.69) is 24.1 Å². The molecule has 1 aromatic heterocycles. The first-order valence-electron chi connectivity index (χ1n) is 6.59. The first-order chi connectivity index (χ1) is 9.50. The Morgan fingerprint density at radius 2 is 1.90 bits per heavy atom. The van der Waals surface area contributed by atoms with Crippen molar-refractivity contribution in [2.75, 3.05) is 5.32 Å². The Labute approximate surface area is 117 Å². The van der Waals surface area contributed by atoms with Crippen LogP contribution in [0.25, 0.3) is 0 Å². The molecule has 4 heteroatoms. The van der Waals surface area contributed by atoms with Crippen molar-refractivity contribution in [3.05, 3.63) is 63.6 Å². The number of H-pyrrole nitrogens is 1. The molecule has 0 aliphatic heterocycles. The summed E-state index contributed by atoms with van der Waals surface area (Å²) in [6.07, 6.45) is 1.54. The molecular weight excluding hydrogens is 252 g/mol. The van der Waals surface area contributed by atoms with Crippen LogP contribution in [0.1, 0.15) is 41.3 Å². The van der Waals surface area contributed by atoms with E-state index in [4.69, 9.17) is 0 Å². The molecule has 1 amide bonds. The zero-order chi connectivity index (χ0) is 14.7. The van der Waals surface area contributed by atoms with E-state index in [1.807, 2.05) is 24.3 Å². The molecule has 2 N–H and O–H groups in total. The predicted molar refractivity (Wildman–Crippen MR) is 80.3 cm³/mol. The number of hydrogen-bond donors (Lipinski definition) is 2. The van der Waals surface area contributed by atoms with E-state index < -0.39 is 0 Å². The largest absolute Gasteiger partial charge is 0.328 e. The number of pyridine rings is 1. The summed E-state index contributed by atoms with van der Waals surface area (Å²) < 4.78 is 0. The monoisotopic (exact) mass is 270 g/mol. The van der Waals surface area contributed by atoms with Crippen molar-refractivity contribution in [3.8, 4) is 0 Å². The van der Waals surface area contributed by atoms with Gasteiger partial charge in [-0.1, -0.05) is 32.0 Å². The second-order valence-corrected chi connectivity index (χ2v) is 5.06. The molecule has 0 aliphatic rings. The molecule has 0 saturated heterocycles. The van der Waals surface area contributed by atoms with Gasteiger partial charge >= 0.3 is 0 Å². The number of aromatic nitrogens is 1. The van der Waals surface area contributed by atoms with Crippen LogP contribution in [0.2, 0.25) is 0 Å². The van der Waals surface area contributed by atoms with Crippen LogP contribution in [0.3, 0.4) is 0 Å². The number of hydrogen-bond acceptors (Lipinski definition) is 2. The Morgan fingerprint density at radius 3 is 2.55 bits per heavy atom. The molecule has 0 atom stereocenters. The van der Waals surface area contributed by atoms with Crippen molar-refractivity contribution in [1.82, 2.24) is 4.98 Å². The summed E-state index contributed by atoms with van der Waals surface area (Å²) in [4.78, 5) is 26.6. The molecule has 0 fully saturated rings. The highest BCUT2D eigenvalue weighted by Gasteiger charge is 2.15. The van der Waals surface area contributed by atoms with Gasteiger partial charge in [0.25, 0.3) is 11.5 Å². The van der Waals surface area contributed by atoms with Gasteiger partial charge in [-0.25, -0.2) is 0 Å². The van der Waals surface area contributed by atoms with E-state index in [0.29, 0.717) is 11.5 Å². The highest BCUT2D eigenvalue weighted by molar-refractivity contribution is 6.05. The van der Waals surface area contributed by atoms with Gasteiger partial charge in [-0.15, -0.1) is 0 Å². The Balaban J connectivity index is 2.36. The number of aromatic amines is 1. The molecule has 2 rings (SSSR count). The van der Waals surface area contributed by atoms with Gasteiger partial charge in [-0.3, -0.25) is 9.59 Å². The van der Waals surface area contributed by atoms with Crippen molar-refractivity contribution in [2.45, 2.75) is 26.7 Å². The molecule has 0 saturated carbocycles. The summed E-state index contributed by atoms with van der Waals surface area (Å²) in [7, 11) is 0. The SMILES string of the molecule is Cc1cc[nH]c(=O)c1C(=O)Nc1ccccc1C(C)C. The lowest BCUT2D eigenvalue weighted by atomic mass is 10.0. The number of benzene rings is 1. The maximum Gasteiger partial charge on any atom is 0.261 e. The molecule has 1 heterocycles. The summed E-state index contributed by atoms with van der Waals surface area (Å²) in [6, 6.07) is 9.34. The quantitative estimate of drug-likeness (QED) is 0.900. The van der Waals surface area contributed by atoms with E-state index >= 15 is 0 Å². The van der Waals surface area contributed by atoms with Crippen LogP contribution in [-0.4, -0.2) is 10.9 Å². The minimum Gasteiger partial charge on any atom is -0.328 e. The van der Waals surface area contributed by atoms with Crippen molar-refractivity contribution in [2.24, 2.45) is 0 Å². The summed E-state index contributed by atoms with van der Waals surface area (Å²) >= 11 is 0. The van der Waals surface area contributed by atoms with Gasteiger partial charge in [-0.05, 0) is 36.1 Å². The Hall–Kier alpha value is -2.36. The van der Waals surface area contributed by atoms with Crippen molar-refractivity contribution >= 4 is 11.6 Å². The summed E-state index contributed by atoms with van der Waals surface area (Å²) in [5, 5.41) is 2.83. The minimum absolute atomic E-state index is 0.158. The summed E-state index contributed by atoms with van der Waals surface area (Å²) in [6.45, 7) is 5.87.